The first-order chi connectivity index (χ1) is 14.6. The van der Waals surface area contributed by atoms with Crippen LogP contribution in [0.3, 0.4) is 0 Å². The maximum Gasteiger partial charge on any atom is 0.416 e. The fourth-order valence-corrected chi connectivity index (χ4v) is 5.63. The standard InChI is InChI=1S/C21H13F9OS/c22-19(23,24)13-1-7-16(8-2-13)32(31,17-9-3-14(4-10-17)20(25,26)27)18-11-5-15(6-12-18)21(28,29)30/h1-12,32H. The molecule has 1 nitrogen and oxygen atoms in total. The van der Waals surface area contributed by atoms with Gasteiger partial charge in [0.1, 0.15) is 0 Å². The van der Waals surface area contributed by atoms with Crippen molar-refractivity contribution in [3.05, 3.63) is 89.5 Å². The highest BCUT2D eigenvalue weighted by molar-refractivity contribution is 8.03. The average molecular weight is 484 g/mol. The van der Waals surface area contributed by atoms with Crippen molar-refractivity contribution < 1.29 is 43.7 Å². The van der Waals surface area contributed by atoms with Gasteiger partial charge in [-0.05, 0) is 82.7 Å². The third-order valence-corrected chi connectivity index (χ3v) is 7.75. The molecular formula is C21H13F9OS. The molecule has 0 aliphatic heterocycles. The molecule has 11 heteroatoms. The van der Waals surface area contributed by atoms with Gasteiger partial charge in [0, 0.05) is 14.7 Å². The summed E-state index contributed by atoms with van der Waals surface area (Å²) in [4.78, 5) is -0.528. The number of halogens is 9. The predicted molar refractivity (Wildman–Crippen MR) is 98.7 cm³/mol. The van der Waals surface area contributed by atoms with Gasteiger partial charge >= 0.3 is 18.5 Å². The van der Waals surface area contributed by atoms with E-state index in [1.54, 1.807) is 0 Å². The second-order valence-electron chi connectivity index (χ2n) is 6.74. The van der Waals surface area contributed by atoms with Crippen LogP contribution in [0.5, 0.6) is 0 Å². The summed E-state index contributed by atoms with van der Waals surface area (Å²) in [7, 11) is -4.09. The topological polar surface area (TPSA) is 17.1 Å². The van der Waals surface area contributed by atoms with Gasteiger partial charge in [-0.15, -0.1) is 0 Å². The first kappa shape index (κ1) is 23.8. The van der Waals surface area contributed by atoms with Crippen molar-refractivity contribution in [3.63, 3.8) is 0 Å². The van der Waals surface area contributed by atoms with E-state index in [4.69, 9.17) is 0 Å². The van der Waals surface area contributed by atoms with Gasteiger partial charge in [0.2, 0.25) is 0 Å². The van der Waals surface area contributed by atoms with Crippen LogP contribution in [0.4, 0.5) is 39.5 Å². The van der Waals surface area contributed by atoms with E-state index >= 15 is 0 Å². The summed E-state index contributed by atoms with van der Waals surface area (Å²) in [5.74, 6) is 0. The maximum absolute atomic E-state index is 14.1. The number of rotatable bonds is 3. The van der Waals surface area contributed by atoms with Crippen LogP contribution in [0.1, 0.15) is 16.7 Å². The van der Waals surface area contributed by atoms with Gasteiger partial charge in [-0.2, -0.15) is 39.5 Å². The number of benzene rings is 3. The van der Waals surface area contributed by atoms with E-state index in [9.17, 15) is 43.7 Å². The van der Waals surface area contributed by atoms with Crippen LogP contribution < -0.4 is 0 Å². The zero-order valence-corrected chi connectivity index (χ0v) is 16.6. The van der Waals surface area contributed by atoms with Crippen LogP contribution in [0.2, 0.25) is 0 Å². The van der Waals surface area contributed by atoms with Crippen LogP contribution in [0.25, 0.3) is 0 Å². The highest BCUT2D eigenvalue weighted by Gasteiger charge is 2.34. The van der Waals surface area contributed by atoms with E-state index in [-0.39, 0.29) is 14.7 Å². The number of hydrogen-bond donors (Lipinski definition) is 1. The van der Waals surface area contributed by atoms with E-state index in [0.717, 1.165) is 36.4 Å². The van der Waals surface area contributed by atoms with Crippen LogP contribution in [0.15, 0.2) is 87.5 Å². The molecule has 0 aliphatic carbocycles. The van der Waals surface area contributed by atoms with Crippen molar-refractivity contribution in [1.82, 2.24) is 0 Å². The molecule has 0 fully saturated rings. The quantitative estimate of drug-likeness (QED) is 0.307. The third-order valence-electron chi connectivity index (χ3n) is 4.67. The Bertz CT molecular complexity index is 979. The molecule has 172 valence electrons. The second kappa shape index (κ2) is 7.95. The minimum atomic E-state index is -4.69. The summed E-state index contributed by atoms with van der Waals surface area (Å²) in [6, 6.07) is 9.30. The third kappa shape index (κ3) is 4.67. The van der Waals surface area contributed by atoms with E-state index in [1.165, 1.54) is 0 Å². The zero-order valence-electron chi connectivity index (χ0n) is 15.7. The maximum atomic E-state index is 14.1. The molecule has 0 spiro atoms. The molecule has 0 saturated carbocycles. The largest absolute Gasteiger partial charge is 0.416 e. The Morgan fingerprint density at radius 3 is 0.750 bits per heavy atom. The molecule has 0 N–H and O–H groups in total. The van der Waals surface area contributed by atoms with Crippen molar-refractivity contribution in [2.75, 3.05) is 0 Å². The Hall–Kier alpha value is -2.82. The van der Waals surface area contributed by atoms with Crippen molar-refractivity contribution in [2.45, 2.75) is 33.2 Å². The molecule has 0 atom stereocenters. The monoisotopic (exact) mass is 484 g/mol. The predicted octanol–water partition coefficient (Wildman–Crippen LogP) is 7.24. The minimum Gasteiger partial charge on any atom is -0.271 e. The molecule has 3 rings (SSSR count). The SMILES string of the molecule is O=[SH](c1ccc(C(F)(F)F)cc1)(c1ccc(C(F)(F)F)cc1)c1ccc(C(F)(F)F)cc1. The van der Waals surface area contributed by atoms with Gasteiger partial charge in [-0.25, -0.2) is 0 Å². The lowest BCUT2D eigenvalue weighted by molar-refractivity contribution is -0.138. The lowest BCUT2D eigenvalue weighted by Gasteiger charge is -2.26. The van der Waals surface area contributed by atoms with Crippen LogP contribution in [0, 0.1) is 0 Å². The Kier molecular flexibility index (Phi) is 5.92. The molecule has 0 aliphatic rings. The van der Waals surface area contributed by atoms with Gasteiger partial charge in [0.25, 0.3) is 0 Å². The molecule has 0 unspecified atom stereocenters. The molecule has 0 aromatic heterocycles. The van der Waals surface area contributed by atoms with E-state index in [1.807, 2.05) is 0 Å². The molecule has 3 aromatic carbocycles. The highest BCUT2D eigenvalue weighted by Crippen LogP contribution is 2.40. The normalized spacial score (nSPS) is 13.8. The fraction of sp³-hybridized carbons (Fsp3) is 0.143. The zero-order chi connectivity index (χ0) is 23.9. The Morgan fingerprint density at radius 2 is 0.594 bits per heavy atom. The Morgan fingerprint density at radius 1 is 0.406 bits per heavy atom. The molecule has 0 bridgehead atoms. The first-order valence-corrected chi connectivity index (χ1v) is 10.5. The lowest BCUT2D eigenvalue weighted by Crippen LogP contribution is -2.16. The van der Waals surface area contributed by atoms with Gasteiger partial charge in [0.05, 0.1) is 16.7 Å². The lowest BCUT2D eigenvalue weighted by atomic mass is 10.2. The highest BCUT2D eigenvalue weighted by atomic mass is 32.2. The van der Waals surface area contributed by atoms with Crippen LogP contribution >= 0.6 is 0 Å². The molecule has 0 radical (unpaired) electrons. The van der Waals surface area contributed by atoms with Gasteiger partial charge in [-0.1, -0.05) is 0 Å². The number of thiol groups is 1. The molecule has 0 heterocycles. The second-order valence-corrected chi connectivity index (χ2v) is 9.51. The number of alkyl halides is 9. The van der Waals surface area contributed by atoms with Crippen molar-refractivity contribution >= 4 is 9.93 Å². The molecule has 32 heavy (non-hydrogen) atoms. The smallest absolute Gasteiger partial charge is 0.271 e. The Labute approximate surface area is 176 Å². The molecule has 0 amide bonds. The molecule has 3 aromatic rings. The van der Waals surface area contributed by atoms with Gasteiger partial charge in [0.15, 0.2) is 0 Å². The first-order valence-electron chi connectivity index (χ1n) is 8.77. The average Bonchev–Trinajstić information content (AvgIpc) is 2.71. The van der Waals surface area contributed by atoms with Gasteiger partial charge < -0.3 is 0 Å². The summed E-state index contributed by atoms with van der Waals surface area (Å²) < 4.78 is 130. The molecular weight excluding hydrogens is 471 g/mol. The fourth-order valence-electron chi connectivity index (χ4n) is 3.03. The van der Waals surface area contributed by atoms with E-state index < -0.39 is 45.2 Å². The van der Waals surface area contributed by atoms with Crippen LogP contribution in [-0.4, -0.2) is 4.21 Å². The Balaban J connectivity index is 2.18. The minimum absolute atomic E-state index is 0.176. The van der Waals surface area contributed by atoms with Crippen molar-refractivity contribution in [2.24, 2.45) is 0 Å². The van der Waals surface area contributed by atoms with Crippen LogP contribution in [-0.2, 0) is 28.5 Å². The summed E-state index contributed by atoms with van der Waals surface area (Å²) in [5, 5.41) is 0. The summed E-state index contributed by atoms with van der Waals surface area (Å²) >= 11 is 0. The van der Waals surface area contributed by atoms with Crippen molar-refractivity contribution in [1.29, 1.82) is 0 Å². The number of hydrogen-bond acceptors (Lipinski definition) is 1. The summed E-state index contributed by atoms with van der Waals surface area (Å²) in [6.45, 7) is 0. The van der Waals surface area contributed by atoms with E-state index in [2.05, 4.69) is 0 Å². The summed E-state index contributed by atoms with van der Waals surface area (Å²) in [5.41, 5.74) is -3.15. The van der Waals surface area contributed by atoms with E-state index in [0.29, 0.717) is 36.4 Å². The van der Waals surface area contributed by atoms with Crippen molar-refractivity contribution in [3.8, 4) is 0 Å². The molecule has 0 saturated heterocycles. The van der Waals surface area contributed by atoms with Gasteiger partial charge in [-0.3, -0.25) is 4.21 Å². The summed E-state index contributed by atoms with van der Waals surface area (Å²) in [6.07, 6.45) is -14.1.